The molecule has 39 heavy (non-hydrogen) atoms. The first-order valence-corrected chi connectivity index (χ1v) is 13.6. The van der Waals surface area contributed by atoms with Gasteiger partial charge in [-0.1, -0.05) is 80.6 Å². The van der Waals surface area contributed by atoms with Gasteiger partial charge >= 0.3 is 0 Å². The highest BCUT2D eigenvalue weighted by Gasteiger charge is 2.35. The molecule has 1 aliphatic rings. The van der Waals surface area contributed by atoms with Crippen molar-refractivity contribution in [1.82, 2.24) is 4.57 Å². The molecule has 1 aliphatic carbocycles. The molecule has 0 fully saturated rings. The normalized spacial score (nSPS) is 14.1. The third-order valence-corrected chi connectivity index (χ3v) is 8.95. The van der Waals surface area contributed by atoms with Crippen LogP contribution in [0.25, 0.3) is 71.3 Å². The van der Waals surface area contributed by atoms with Gasteiger partial charge < -0.3 is 8.98 Å². The molecular weight excluding hydrogens is 474 g/mol. The second-order valence-corrected chi connectivity index (χ2v) is 11.4. The number of hydrogen-bond donors (Lipinski definition) is 0. The Bertz CT molecular complexity index is 2310. The van der Waals surface area contributed by atoms with E-state index in [1.165, 1.54) is 54.8 Å². The molecule has 0 spiro atoms. The van der Waals surface area contributed by atoms with E-state index in [1.807, 2.05) is 6.07 Å². The van der Waals surface area contributed by atoms with Crippen LogP contribution >= 0.6 is 0 Å². The Morgan fingerprint density at radius 1 is 0.538 bits per heavy atom. The maximum Gasteiger partial charge on any atom is 0.137 e. The van der Waals surface area contributed by atoms with E-state index in [-0.39, 0.29) is 5.41 Å². The van der Waals surface area contributed by atoms with Crippen LogP contribution in [-0.4, -0.2) is 4.57 Å². The van der Waals surface area contributed by atoms with Crippen molar-refractivity contribution in [3.8, 4) is 16.8 Å². The van der Waals surface area contributed by atoms with Crippen molar-refractivity contribution in [3.05, 3.63) is 126 Å². The molecule has 2 heterocycles. The van der Waals surface area contributed by atoms with Gasteiger partial charge in [-0.2, -0.15) is 0 Å². The summed E-state index contributed by atoms with van der Waals surface area (Å²) < 4.78 is 8.71. The number of aromatic nitrogens is 1. The molecule has 0 bridgehead atoms. The maximum atomic E-state index is 6.28. The monoisotopic (exact) mass is 499 g/mol. The largest absolute Gasteiger partial charge is 0.456 e. The Morgan fingerprint density at radius 3 is 2.21 bits per heavy atom. The first kappa shape index (κ1) is 21.2. The zero-order chi connectivity index (χ0) is 25.9. The summed E-state index contributed by atoms with van der Waals surface area (Å²) in [7, 11) is 0. The van der Waals surface area contributed by atoms with Crippen molar-refractivity contribution in [2.45, 2.75) is 19.3 Å². The Labute approximate surface area is 225 Å². The summed E-state index contributed by atoms with van der Waals surface area (Å²) >= 11 is 0. The first-order chi connectivity index (χ1) is 19.1. The zero-order valence-electron chi connectivity index (χ0n) is 21.8. The van der Waals surface area contributed by atoms with Crippen LogP contribution in [0.2, 0.25) is 0 Å². The summed E-state index contributed by atoms with van der Waals surface area (Å²) in [5, 5.41) is 7.39. The molecule has 0 saturated carbocycles. The lowest BCUT2D eigenvalue weighted by atomic mass is 9.82. The van der Waals surface area contributed by atoms with Crippen LogP contribution in [0.1, 0.15) is 25.0 Å². The SMILES string of the molecule is CC1(C)c2ccccc2-c2cc3cc4c5ccccc5n(-c5cccc6oc7ccccc7c56)c4cc3cc21. The summed E-state index contributed by atoms with van der Waals surface area (Å²) in [6, 6.07) is 42.0. The van der Waals surface area contributed by atoms with Gasteiger partial charge in [-0.05, 0) is 81.6 Å². The van der Waals surface area contributed by atoms with Crippen molar-refractivity contribution >= 4 is 54.5 Å². The second-order valence-electron chi connectivity index (χ2n) is 11.4. The van der Waals surface area contributed by atoms with E-state index in [9.17, 15) is 0 Å². The van der Waals surface area contributed by atoms with Gasteiger partial charge in [0.25, 0.3) is 0 Å². The van der Waals surface area contributed by atoms with Crippen LogP contribution < -0.4 is 0 Å². The number of para-hydroxylation sites is 2. The van der Waals surface area contributed by atoms with E-state index < -0.39 is 0 Å². The Kier molecular flexibility index (Phi) is 3.89. The van der Waals surface area contributed by atoms with Crippen LogP contribution in [0.5, 0.6) is 0 Å². The van der Waals surface area contributed by atoms with Crippen LogP contribution in [0.4, 0.5) is 0 Å². The lowest BCUT2D eigenvalue weighted by Gasteiger charge is -2.21. The average Bonchev–Trinajstić information content (AvgIpc) is 3.57. The quantitative estimate of drug-likeness (QED) is 0.220. The summed E-state index contributed by atoms with van der Waals surface area (Å²) in [5.74, 6) is 0. The summed E-state index contributed by atoms with van der Waals surface area (Å²) in [6.45, 7) is 4.70. The first-order valence-electron chi connectivity index (χ1n) is 13.6. The standard InChI is InChI=1S/C37H25NO/c1-37(2)29-13-6-3-10-24(29)27-18-22-19-28-25-11-4-7-14-31(25)38(33(28)21-23(22)20-30(27)37)32-15-9-17-35-36(32)26-12-5-8-16-34(26)39-35/h3-21H,1-2H3. The van der Waals surface area contributed by atoms with Crippen molar-refractivity contribution in [2.24, 2.45) is 0 Å². The average molecular weight is 500 g/mol. The fraction of sp³-hybridized carbons (Fsp3) is 0.0811. The number of hydrogen-bond acceptors (Lipinski definition) is 1. The molecule has 2 aromatic heterocycles. The lowest BCUT2D eigenvalue weighted by molar-refractivity contribution is 0.661. The minimum atomic E-state index is -0.0247. The molecular formula is C37H25NO. The topological polar surface area (TPSA) is 18.1 Å². The summed E-state index contributed by atoms with van der Waals surface area (Å²) in [5.41, 5.74) is 10.9. The number of furan rings is 1. The number of nitrogens with zero attached hydrogens (tertiary/aromatic N) is 1. The third-order valence-electron chi connectivity index (χ3n) is 8.95. The Balaban J connectivity index is 1.42. The molecule has 8 aromatic rings. The highest BCUT2D eigenvalue weighted by Crippen LogP contribution is 2.50. The van der Waals surface area contributed by atoms with E-state index in [1.54, 1.807) is 0 Å². The molecule has 0 saturated heterocycles. The lowest BCUT2D eigenvalue weighted by Crippen LogP contribution is -2.14. The highest BCUT2D eigenvalue weighted by atomic mass is 16.3. The van der Waals surface area contributed by atoms with E-state index in [0.717, 1.165) is 27.6 Å². The van der Waals surface area contributed by atoms with Crippen LogP contribution in [-0.2, 0) is 5.41 Å². The summed E-state index contributed by atoms with van der Waals surface area (Å²) in [4.78, 5) is 0. The molecule has 0 radical (unpaired) electrons. The number of benzene rings is 6. The van der Waals surface area contributed by atoms with Crippen molar-refractivity contribution in [2.75, 3.05) is 0 Å². The van der Waals surface area contributed by atoms with Gasteiger partial charge in [-0.15, -0.1) is 0 Å². The molecule has 0 aliphatic heterocycles. The van der Waals surface area contributed by atoms with Gasteiger partial charge in [0.05, 0.1) is 22.1 Å². The smallest absolute Gasteiger partial charge is 0.137 e. The van der Waals surface area contributed by atoms with E-state index in [4.69, 9.17) is 4.42 Å². The molecule has 0 N–H and O–H groups in total. The van der Waals surface area contributed by atoms with Crippen molar-refractivity contribution < 1.29 is 4.42 Å². The molecule has 2 nitrogen and oxygen atoms in total. The van der Waals surface area contributed by atoms with E-state index in [2.05, 4.69) is 128 Å². The number of rotatable bonds is 1. The Morgan fingerprint density at radius 2 is 1.28 bits per heavy atom. The minimum absolute atomic E-state index is 0.0247. The summed E-state index contributed by atoms with van der Waals surface area (Å²) in [6.07, 6.45) is 0. The molecule has 0 unspecified atom stereocenters. The molecule has 6 aromatic carbocycles. The molecule has 2 heteroatoms. The molecule has 9 rings (SSSR count). The predicted molar refractivity (Wildman–Crippen MR) is 163 cm³/mol. The predicted octanol–water partition coefficient (Wildman–Crippen LogP) is 10.1. The van der Waals surface area contributed by atoms with Crippen LogP contribution in [0.15, 0.2) is 120 Å². The van der Waals surface area contributed by atoms with Gasteiger partial charge in [0.15, 0.2) is 0 Å². The third kappa shape index (κ3) is 2.66. The van der Waals surface area contributed by atoms with Crippen LogP contribution in [0.3, 0.4) is 0 Å². The molecule has 184 valence electrons. The van der Waals surface area contributed by atoms with Crippen molar-refractivity contribution in [1.29, 1.82) is 0 Å². The van der Waals surface area contributed by atoms with Gasteiger partial charge in [-0.25, -0.2) is 0 Å². The van der Waals surface area contributed by atoms with Gasteiger partial charge in [0, 0.05) is 21.6 Å². The second kappa shape index (κ2) is 7.18. The highest BCUT2D eigenvalue weighted by molar-refractivity contribution is 6.17. The van der Waals surface area contributed by atoms with Gasteiger partial charge in [0.2, 0.25) is 0 Å². The fourth-order valence-corrected chi connectivity index (χ4v) is 7.11. The van der Waals surface area contributed by atoms with Gasteiger partial charge in [0.1, 0.15) is 11.2 Å². The maximum absolute atomic E-state index is 6.28. The molecule has 0 amide bonds. The van der Waals surface area contributed by atoms with Crippen LogP contribution in [0, 0.1) is 0 Å². The Hall–Kier alpha value is -4.82. The van der Waals surface area contributed by atoms with Crippen molar-refractivity contribution in [3.63, 3.8) is 0 Å². The van der Waals surface area contributed by atoms with E-state index >= 15 is 0 Å². The number of fused-ring (bicyclic) bond motifs is 10. The zero-order valence-corrected chi connectivity index (χ0v) is 21.8. The van der Waals surface area contributed by atoms with E-state index in [0.29, 0.717) is 0 Å². The van der Waals surface area contributed by atoms with Gasteiger partial charge in [-0.3, -0.25) is 0 Å². The molecule has 0 atom stereocenters. The minimum Gasteiger partial charge on any atom is -0.456 e. The fourth-order valence-electron chi connectivity index (χ4n) is 7.11.